The second-order valence-corrected chi connectivity index (χ2v) is 8.93. The Hall–Kier alpha value is -3.57. The van der Waals surface area contributed by atoms with Crippen molar-refractivity contribution in [2.24, 2.45) is 0 Å². The minimum atomic E-state index is 0.0296. The number of rotatable bonds is 11. The molecule has 5 nitrogen and oxygen atoms in total. The van der Waals surface area contributed by atoms with E-state index in [0.29, 0.717) is 19.6 Å². The minimum Gasteiger partial charge on any atom is -0.497 e. The normalized spacial score (nSPS) is 12.9. The Morgan fingerprint density at radius 2 is 1.66 bits per heavy atom. The maximum Gasteiger partial charge on any atom is 0.220 e. The number of methoxy groups -OCH3 is 2. The Labute approximate surface area is 207 Å². The van der Waals surface area contributed by atoms with Gasteiger partial charge in [0.2, 0.25) is 5.91 Å². The number of benzene rings is 3. The lowest BCUT2D eigenvalue weighted by Gasteiger charge is -2.24. The number of carbonyl (C=O) groups is 1. The molecular formula is C30H34N2O3. The highest BCUT2D eigenvalue weighted by Gasteiger charge is 2.27. The Bertz CT molecular complexity index is 1230. The number of amides is 1. The van der Waals surface area contributed by atoms with E-state index in [-0.39, 0.29) is 17.7 Å². The lowest BCUT2D eigenvalue weighted by molar-refractivity contribution is -0.121. The molecule has 0 aliphatic carbocycles. The smallest absolute Gasteiger partial charge is 0.220 e. The van der Waals surface area contributed by atoms with Gasteiger partial charge in [0.1, 0.15) is 5.75 Å². The van der Waals surface area contributed by atoms with Gasteiger partial charge in [0, 0.05) is 49.6 Å². The topological polar surface area (TPSA) is 52.5 Å². The van der Waals surface area contributed by atoms with E-state index in [1.165, 1.54) is 27.6 Å². The first-order valence-corrected chi connectivity index (χ1v) is 12.1. The quantitative estimate of drug-likeness (QED) is 0.285. The molecule has 0 bridgehead atoms. The highest BCUT2D eigenvalue weighted by atomic mass is 16.5. The lowest BCUT2D eigenvalue weighted by Crippen LogP contribution is -2.29. The number of carbonyl (C=O) groups excluding carboxylic acids is 1. The summed E-state index contributed by atoms with van der Waals surface area (Å²) < 4.78 is 12.7. The maximum atomic E-state index is 12.9. The molecule has 3 aromatic carbocycles. The van der Waals surface area contributed by atoms with Crippen LogP contribution in [0.2, 0.25) is 0 Å². The molecule has 5 heteroatoms. The highest BCUT2D eigenvalue weighted by Crippen LogP contribution is 2.39. The standard InChI is InChI=1S/C30H34N2O3/c1-22(24-9-5-4-6-10-24)27(19-30(33)31-17-18-34-2)28-21-32(29-12-8-7-11-26(28)29)20-23-13-15-25(35-3)16-14-23/h4-16,21-22,27H,17-20H2,1-3H3,(H,31,33). The number of hydrogen-bond acceptors (Lipinski definition) is 3. The van der Waals surface area contributed by atoms with Crippen molar-refractivity contribution >= 4 is 16.8 Å². The van der Waals surface area contributed by atoms with Crippen LogP contribution in [0.4, 0.5) is 0 Å². The zero-order valence-electron chi connectivity index (χ0n) is 20.7. The molecule has 1 N–H and O–H groups in total. The molecule has 0 fully saturated rings. The maximum absolute atomic E-state index is 12.9. The third kappa shape index (κ3) is 5.92. The number of ether oxygens (including phenoxy) is 2. The van der Waals surface area contributed by atoms with Gasteiger partial charge in [-0.1, -0.05) is 67.6 Å². The van der Waals surface area contributed by atoms with Crippen LogP contribution in [0.1, 0.15) is 41.9 Å². The number of nitrogens with one attached hydrogen (secondary N) is 1. The molecule has 2 atom stereocenters. The SMILES string of the molecule is COCCNC(=O)CC(c1cn(Cc2ccc(OC)cc2)c2ccccc12)C(C)c1ccccc1. The molecule has 1 aromatic heterocycles. The molecule has 0 aliphatic heterocycles. The van der Waals surface area contributed by atoms with Crippen molar-refractivity contribution in [1.82, 2.24) is 9.88 Å². The van der Waals surface area contributed by atoms with Gasteiger partial charge >= 0.3 is 0 Å². The van der Waals surface area contributed by atoms with Crippen molar-refractivity contribution in [2.45, 2.75) is 31.7 Å². The van der Waals surface area contributed by atoms with Gasteiger partial charge in [-0.3, -0.25) is 4.79 Å². The first-order valence-electron chi connectivity index (χ1n) is 12.1. The average molecular weight is 471 g/mol. The van der Waals surface area contributed by atoms with E-state index in [2.05, 4.69) is 83.7 Å². The zero-order valence-corrected chi connectivity index (χ0v) is 20.7. The van der Waals surface area contributed by atoms with Crippen LogP contribution in [-0.2, 0) is 16.1 Å². The minimum absolute atomic E-state index is 0.0296. The van der Waals surface area contributed by atoms with Crippen LogP contribution in [-0.4, -0.2) is 37.8 Å². The summed E-state index contributed by atoms with van der Waals surface area (Å²) >= 11 is 0. The van der Waals surface area contributed by atoms with E-state index >= 15 is 0 Å². The number of hydrogen-bond donors (Lipinski definition) is 1. The number of nitrogens with zero attached hydrogens (tertiary/aromatic N) is 1. The molecule has 0 radical (unpaired) electrons. The summed E-state index contributed by atoms with van der Waals surface area (Å²) in [6.07, 6.45) is 2.65. The molecule has 4 aromatic rings. The molecule has 0 spiro atoms. The van der Waals surface area contributed by atoms with Crippen LogP contribution < -0.4 is 10.1 Å². The molecule has 0 saturated carbocycles. The molecule has 0 aliphatic rings. The molecule has 1 heterocycles. The average Bonchev–Trinajstić information content (AvgIpc) is 3.26. The van der Waals surface area contributed by atoms with Gasteiger partial charge < -0.3 is 19.4 Å². The van der Waals surface area contributed by atoms with Crippen LogP contribution in [0.5, 0.6) is 5.75 Å². The molecular weight excluding hydrogens is 436 g/mol. The zero-order chi connectivity index (χ0) is 24.6. The van der Waals surface area contributed by atoms with Crippen LogP contribution in [0.25, 0.3) is 10.9 Å². The Balaban J connectivity index is 1.71. The first kappa shape index (κ1) is 24.6. The van der Waals surface area contributed by atoms with Gasteiger partial charge in [-0.2, -0.15) is 0 Å². The predicted octanol–water partition coefficient (Wildman–Crippen LogP) is 5.74. The van der Waals surface area contributed by atoms with Crippen molar-refractivity contribution in [3.63, 3.8) is 0 Å². The van der Waals surface area contributed by atoms with E-state index in [0.717, 1.165) is 12.3 Å². The Kier molecular flexibility index (Phi) is 8.22. The van der Waals surface area contributed by atoms with Crippen molar-refractivity contribution in [3.05, 3.63) is 102 Å². The van der Waals surface area contributed by atoms with Gasteiger partial charge in [0.25, 0.3) is 0 Å². The van der Waals surface area contributed by atoms with Gasteiger partial charge in [0.05, 0.1) is 13.7 Å². The summed E-state index contributed by atoms with van der Waals surface area (Å²) in [5, 5.41) is 4.21. The Morgan fingerprint density at radius 3 is 2.37 bits per heavy atom. The number of para-hydroxylation sites is 1. The van der Waals surface area contributed by atoms with E-state index in [9.17, 15) is 4.79 Å². The summed E-state index contributed by atoms with van der Waals surface area (Å²) in [6, 6.07) is 27.1. The fourth-order valence-corrected chi connectivity index (χ4v) is 4.74. The largest absolute Gasteiger partial charge is 0.497 e. The van der Waals surface area contributed by atoms with Crippen LogP contribution >= 0.6 is 0 Å². The number of fused-ring (bicyclic) bond motifs is 1. The monoisotopic (exact) mass is 470 g/mol. The van der Waals surface area contributed by atoms with E-state index < -0.39 is 0 Å². The van der Waals surface area contributed by atoms with Crippen molar-refractivity contribution in [1.29, 1.82) is 0 Å². The first-order chi connectivity index (χ1) is 17.1. The number of aromatic nitrogens is 1. The Morgan fingerprint density at radius 1 is 0.943 bits per heavy atom. The van der Waals surface area contributed by atoms with Gasteiger partial charge in [-0.05, 0) is 40.8 Å². The van der Waals surface area contributed by atoms with E-state index in [1.54, 1.807) is 14.2 Å². The van der Waals surface area contributed by atoms with Crippen molar-refractivity contribution < 1.29 is 14.3 Å². The molecule has 182 valence electrons. The third-order valence-corrected chi connectivity index (χ3v) is 6.69. The second-order valence-electron chi connectivity index (χ2n) is 8.93. The fraction of sp³-hybridized carbons (Fsp3) is 0.300. The second kappa shape index (κ2) is 11.7. The molecule has 35 heavy (non-hydrogen) atoms. The molecule has 1 amide bonds. The van der Waals surface area contributed by atoms with Crippen molar-refractivity contribution in [3.8, 4) is 5.75 Å². The lowest BCUT2D eigenvalue weighted by atomic mass is 9.80. The van der Waals surface area contributed by atoms with Gasteiger partial charge in [-0.15, -0.1) is 0 Å². The summed E-state index contributed by atoms with van der Waals surface area (Å²) in [4.78, 5) is 12.9. The third-order valence-electron chi connectivity index (χ3n) is 6.69. The van der Waals surface area contributed by atoms with E-state index in [1.807, 2.05) is 18.2 Å². The summed E-state index contributed by atoms with van der Waals surface area (Å²) in [5.74, 6) is 1.09. The molecule has 4 rings (SSSR count). The van der Waals surface area contributed by atoms with Gasteiger partial charge in [-0.25, -0.2) is 0 Å². The summed E-state index contributed by atoms with van der Waals surface area (Å²) in [6.45, 7) is 3.99. The van der Waals surface area contributed by atoms with Crippen LogP contribution in [0.3, 0.4) is 0 Å². The van der Waals surface area contributed by atoms with Crippen LogP contribution in [0.15, 0.2) is 85.1 Å². The van der Waals surface area contributed by atoms with Gasteiger partial charge in [0.15, 0.2) is 0 Å². The highest BCUT2D eigenvalue weighted by molar-refractivity contribution is 5.86. The molecule has 2 unspecified atom stereocenters. The fourth-order valence-electron chi connectivity index (χ4n) is 4.74. The molecule has 0 saturated heterocycles. The summed E-state index contributed by atoms with van der Waals surface area (Å²) in [5.41, 5.74) is 4.80. The van der Waals surface area contributed by atoms with Crippen molar-refractivity contribution in [2.75, 3.05) is 27.4 Å². The van der Waals surface area contributed by atoms with E-state index in [4.69, 9.17) is 9.47 Å². The summed E-state index contributed by atoms with van der Waals surface area (Å²) in [7, 11) is 3.32. The predicted molar refractivity (Wildman–Crippen MR) is 141 cm³/mol. The van der Waals surface area contributed by atoms with Crippen LogP contribution in [0, 0.1) is 0 Å².